The normalized spacial score (nSPS) is 11.3. The van der Waals surface area contributed by atoms with E-state index in [4.69, 9.17) is 11.6 Å². The van der Waals surface area contributed by atoms with Crippen molar-refractivity contribution < 1.29 is 17.9 Å². The van der Waals surface area contributed by atoms with Crippen LogP contribution in [0.15, 0.2) is 60.8 Å². The van der Waals surface area contributed by atoms with Crippen molar-refractivity contribution in [3.05, 3.63) is 71.9 Å². The van der Waals surface area contributed by atoms with Crippen molar-refractivity contribution in [1.82, 2.24) is 4.98 Å². The number of hydrogen-bond donors (Lipinski definition) is 0. The number of rotatable bonds is 3. The van der Waals surface area contributed by atoms with Crippen LogP contribution in [0.3, 0.4) is 0 Å². The molecule has 2 aromatic carbocycles. The summed E-state index contributed by atoms with van der Waals surface area (Å²) in [6.07, 6.45) is -3.20. The van der Waals surface area contributed by atoms with Crippen LogP contribution in [-0.2, 0) is 0 Å². The van der Waals surface area contributed by atoms with Crippen LogP contribution in [-0.4, -0.2) is 11.3 Å². The minimum Gasteiger partial charge on any atom is -0.406 e. The largest absolute Gasteiger partial charge is 0.573 e. The summed E-state index contributed by atoms with van der Waals surface area (Å²) in [5, 5.41) is 0.613. The molecular weight excluding hydrogens is 339 g/mol. The predicted octanol–water partition coefficient (Wildman–Crippen LogP) is 5.77. The van der Waals surface area contributed by atoms with E-state index in [1.54, 1.807) is 18.2 Å². The number of benzene rings is 2. The van der Waals surface area contributed by atoms with Crippen molar-refractivity contribution in [1.29, 1.82) is 0 Å². The number of pyridine rings is 1. The van der Waals surface area contributed by atoms with Crippen molar-refractivity contribution in [2.75, 3.05) is 0 Å². The molecule has 121 valence electrons. The third-order valence-electron chi connectivity index (χ3n) is 3.27. The monoisotopic (exact) mass is 348 g/mol. The number of nitrogens with zero attached hydrogens (tertiary/aromatic N) is 1. The van der Waals surface area contributed by atoms with Crippen molar-refractivity contribution >= 4 is 11.6 Å². The number of alkyl halides is 3. The van der Waals surface area contributed by atoms with Gasteiger partial charge in [0.2, 0.25) is 0 Å². The molecule has 6 heteroatoms. The van der Waals surface area contributed by atoms with Crippen molar-refractivity contribution in [3.63, 3.8) is 0 Å². The van der Waals surface area contributed by atoms with Crippen LogP contribution >= 0.6 is 11.6 Å². The first-order valence-corrected chi connectivity index (χ1v) is 7.28. The predicted molar refractivity (Wildman–Crippen MR) is 85.6 cm³/mol. The second-order valence-electron chi connectivity index (χ2n) is 4.91. The molecule has 0 spiro atoms. The van der Waals surface area contributed by atoms with E-state index < -0.39 is 6.36 Å². The van der Waals surface area contributed by atoms with Gasteiger partial charge < -0.3 is 4.74 Å². The van der Waals surface area contributed by atoms with E-state index in [9.17, 15) is 13.2 Å². The number of halogens is 4. The zero-order valence-corrected chi connectivity index (χ0v) is 12.9. The van der Waals surface area contributed by atoms with Gasteiger partial charge in [0.1, 0.15) is 5.75 Å². The highest BCUT2D eigenvalue weighted by Crippen LogP contribution is 2.32. The second-order valence-corrected chi connectivity index (χ2v) is 5.35. The van der Waals surface area contributed by atoms with Gasteiger partial charge >= 0.3 is 6.36 Å². The Morgan fingerprint density at radius 3 is 2.17 bits per heavy atom. The van der Waals surface area contributed by atoms with Crippen molar-refractivity contribution in [3.8, 4) is 28.1 Å². The van der Waals surface area contributed by atoms with Gasteiger partial charge in [0.05, 0.1) is 5.69 Å². The molecule has 0 aliphatic carbocycles. The van der Waals surface area contributed by atoms with Crippen molar-refractivity contribution in [2.24, 2.45) is 0 Å². The minimum atomic E-state index is -4.71. The van der Waals surface area contributed by atoms with Gasteiger partial charge in [0.25, 0.3) is 0 Å². The molecule has 0 atom stereocenters. The molecule has 0 saturated carbocycles. The van der Waals surface area contributed by atoms with E-state index in [1.165, 1.54) is 30.5 Å². The molecule has 0 aliphatic heterocycles. The fraction of sp³-hybridized carbons (Fsp3) is 0.0556. The summed E-state index contributed by atoms with van der Waals surface area (Å²) in [7, 11) is 0. The zero-order chi connectivity index (χ0) is 17.2. The van der Waals surface area contributed by atoms with Crippen LogP contribution in [0.5, 0.6) is 5.75 Å². The Balaban J connectivity index is 1.97. The van der Waals surface area contributed by atoms with Gasteiger partial charge in [-0.25, -0.2) is 0 Å². The standard InChI is InChI=1S/C18H10ClF3NO/c19-14-7-3-12(4-8-14)16-2-1-11-23-17(16)13-5-9-15(10-6-13)24-18(20,21)22/h2-11H. The van der Waals surface area contributed by atoms with Gasteiger partial charge in [-0.05, 0) is 48.0 Å². The molecule has 1 heterocycles. The Kier molecular flexibility index (Phi) is 4.44. The highest BCUT2D eigenvalue weighted by Gasteiger charge is 2.31. The number of hydrogen-bond acceptors (Lipinski definition) is 2. The maximum Gasteiger partial charge on any atom is 0.573 e. The third kappa shape index (κ3) is 3.86. The van der Waals surface area contributed by atoms with Gasteiger partial charge in [-0.3, -0.25) is 4.98 Å². The van der Waals surface area contributed by atoms with E-state index in [0.717, 1.165) is 11.1 Å². The van der Waals surface area contributed by atoms with Gasteiger partial charge in [-0.1, -0.05) is 23.7 Å². The van der Waals surface area contributed by atoms with Gasteiger partial charge in [0.15, 0.2) is 0 Å². The Bertz CT molecular complexity index is 830. The quantitative estimate of drug-likeness (QED) is 0.599. The molecule has 3 aromatic rings. The molecular formula is C18H10ClF3NO. The third-order valence-corrected chi connectivity index (χ3v) is 3.52. The Labute approximate surface area is 141 Å². The molecule has 0 fully saturated rings. The van der Waals surface area contributed by atoms with Crippen LogP contribution in [0.25, 0.3) is 22.4 Å². The van der Waals surface area contributed by atoms with E-state index in [2.05, 4.69) is 15.8 Å². The summed E-state index contributed by atoms with van der Waals surface area (Å²) in [6.45, 7) is 0. The number of aromatic nitrogens is 1. The molecule has 0 saturated heterocycles. The van der Waals surface area contributed by atoms with E-state index in [1.807, 2.05) is 12.1 Å². The molecule has 0 bridgehead atoms. The topological polar surface area (TPSA) is 22.1 Å². The first-order chi connectivity index (χ1) is 11.4. The lowest BCUT2D eigenvalue weighted by molar-refractivity contribution is -0.274. The molecule has 3 rings (SSSR count). The van der Waals surface area contributed by atoms with Gasteiger partial charge in [-0.2, -0.15) is 0 Å². The lowest BCUT2D eigenvalue weighted by Gasteiger charge is -2.11. The van der Waals surface area contributed by atoms with Crippen LogP contribution in [0, 0.1) is 6.07 Å². The minimum absolute atomic E-state index is 0.276. The van der Waals surface area contributed by atoms with Crippen LogP contribution in [0.2, 0.25) is 5.02 Å². The first-order valence-electron chi connectivity index (χ1n) is 6.90. The lowest BCUT2D eigenvalue weighted by atomic mass is 9.99. The molecule has 0 N–H and O–H groups in total. The maximum absolute atomic E-state index is 12.2. The van der Waals surface area contributed by atoms with Crippen molar-refractivity contribution in [2.45, 2.75) is 6.36 Å². The van der Waals surface area contributed by atoms with E-state index in [0.29, 0.717) is 16.3 Å². The fourth-order valence-electron chi connectivity index (χ4n) is 2.25. The summed E-state index contributed by atoms with van der Waals surface area (Å²) in [6, 6.07) is 17.5. The van der Waals surface area contributed by atoms with E-state index in [-0.39, 0.29) is 5.75 Å². The Morgan fingerprint density at radius 2 is 1.54 bits per heavy atom. The van der Waals surface area contributed by atoms with Crippen LogP contribution in [0.4, 0.5) is 13.2 Å². The zero-order valence-electron chi connectivity index (χ0n) is 12.1. The summed E-state index contributed by atoms with van der Waals surface area (Å²) in [5.41, 5.74) is 2.99. The maximum atomic E-state index is 12.2. The molecule has 2 nitrogen and oxygen atoms in total. The summed E-state index contributed by atoms with van der Waals surface area (Å²) >= 11 is 5.90. The lowest BCUT2D eigenvalue weighted by Crippen LogP contribution is -2.16. The Morgan fingerprint density at radius 1 is 0.917 bits per heavy atom. The van der Waals surface area contributed by atoms with E-state index >= 15 is 0 Å². The summed E-state index contributed by atoms with van der Waals surface area (Å²) in [5.74, 6) is -0.276. The van der Waals surface area contributed by atoms with Gasteiger partial charge in [0, 0.05) is 28.4 Å². The SMILES string of the molecule is FC(F)(F)Oc1ccc(-c2nc[c]cc2-c2ccc(Cl)cc2)cc1. The second kappa shape index (κ2) is 6.53. The first kappa shape index (κ1) is 16.3. The Hall–Kier alpha value is -2.53. The highest BCUT2D eigenvalue weighted by molar-refractivity contribution is 6.30. The van der Waals surface area contributed by atoms with Gasteiger partial charge in [-0.15, -0.1) is 13.2 Å². The van der Waals surface area contributed by atoms with Crippen LogP contribution < -0.4 is 4.74 Å². The molecule has 0 amide bonds. The molecule has 24 heavy (non-hydrogen) atoms. The number of ether oxygens (including phenoxy) is 1. The molecule has 1 radical (unpaired) electrons. The smallest absolute Gasteiger partial charge is 0.406 e. The fourth-order valence-corrected chi connectivity index (χ4v) is 2.38. The molecule has 0 unspecified atom stereocenters. The molecule has 0 aliphatic rings. The summed E-state index contributed by atoms with van der Waals surface area (Å²) in [4.78, 5) is 4.30. The highest BCUT2D eigenvalue weighted by atomic mass is 35.5. The average Bonchev–Trinajstić information content (AvgIpc) is 2.55. The van der Waals surface area contributed by atoms with Crippen LogP contribution in [0.1, 0.15) is 0 Å². The summed E-state index contributed by atoms with van der Waals surface area (Å²) < 4.78 is 40.6. The average molecular weight is 349 g/mol. The molecule has 1 aromatic heterocycles.